The fraction of sp³-hybridized carbons (Fsp3) is 0.292. The highest BCUT2D eigenvalue weighted by molar-refractivity contribution is 8.00. The lowest BCUT2D eigenvalue weighted by molar-refractivity contribution is -0.150. The van der Waals surface area contributed by atoms with E-state index in [4.69, 9.17) is 18.9 Å². The molecule has 168 valence electrons. The van der Waals surface area contributed by atoms with Gasteiger partial charge in [-0.15, -0.1) is 18.3 Å². The Balaban J connectivity index is 1.78. The van der Waals surface area contributed by atoms with Crippen LogP contribution in [-0.2, 0) is 23.7 Å². The lowest BCUT2D eigenvalue weighted by Crippen LogP contribution is -2.41. The molecule has 1 aliphatic heterocycles. The number of carbonyl (C=O) groups is 3. The van der Waals surface area contributed by atoms with Crippen LogP contribution in [0.3, 0.4) is 0 Å². The second-order valence-corrected chi connectivity index (χ2v) is 8.28. The smallest absolute Gasteiger partial charge is 0.338 e. The number of rotatable bonds is 9. The van der Waals surface area contributed by atoms with Gasteiger partial charge >= 0.3 is 17.9 Å². The van der Waals surface area contributed by atoms with Crippen LogP contribution >= 0.6 is 11.8 Å². The standard InChI is InChI=1S/C24H24O7S/c1-3-14-28-21-20(31-23(27)18-12-8-5-9-13-18)19(32-24(21)30-16(2)25)15-29-22(26)17-10-6-4-7-11-17/h3-13,19-21,24H,1,14-15H2,2H3/t19-,20-,21-,24?/m0/s1. The molecule has 4 atom stereocenters. The summed E-state index contributed by atoms with van der Waals surface area (Å²) in [6.07, 6.45) is -0.0236. The zero-order valence-electron chi connectivity index (χ0n) is 17.5. The third kappa shape index (κ3) is 6.21. The molecule has 1 saturated heterocycles. The molecule has 3 rings (SSSR count). The average molecular weight is 457 g/mol. The summed E-state index contributed by atoms with van der Waals surface area (Å²) in [6, 6.07) is 17.1. The van der Waals surface area contributed by atoms with Crippen LogP contribution in [0.5, 0.6) is 0 Å². The summed E-state index contributed by atoms with van der Waals surface area (Å²) < 4.78 is 22.4. The first-order chi connectivity index (χ1) is 15.5. The molecule has 0 amide bonds. The first-order valence-electron chi connectivity index (χ1n) is 10.0. The number of esters is 3. The van der Waals surface area contributed by atoms with Crippen LogP contribution in [0.1, 0.15) is 27.6 Å². The van der Waals surface area contributed by atoms with Crippen molar-refractivity contribution in [1.82, 2.24) is 0 Å². The number of carbonyl (C=O) groups excluding carboxylic acids is 3. The van der Waals surface area contributed by atoms with Crippen LogP contribution in [0, 0.1) is 0 Å². The number of hydrogen-bond acceptors (Lipinski definition) is 8. The minimum atomic E-state index is -0.819. The molecular formula is C24H24O7S. The molecule has 1 aliphatic rings. The lowest BCUT2D eigenvalue weighted by atomic mass is 10.1. The molecule has 0 aromatic heterocycles. The van der Waals surface area contributed by atoms with E-state index in [1.54, 1.807) is 66.7 Å². The van der Waals surface area contributed by atoms with Crippen LogP contribution in [0.2, 0.25) is 0 Å². The molecule has 1 fully saturated rings. The monoisotopic (exact) mass is 456 g/mol. The number of benzene rings is 2. The Kier molecular flexibility index (Phi) is 8.47. The van der Waals surface area contributed by atoms with Crippen molar-refractivity contribution in [3.63, 3.8) is 0 Å². The van der Waals surface area contributed by atoms with Gasteiger partial charge in [0.1, 0.15) is 18.8 Å². The quantitative estimate of drug-likeness (QED) is 0.321. The predicted octanol–water partition coefficient (Wildman–Crippen LogP) is 3.64. The molecule has 32 heavy (non-hydrogen) atoms. The van der Waals surface area contributed by atoms with Crippen LogP contribution in [0.25, 0.3) is 0 Å². The van der Waals surface area contributed by atoms with E-state index in [1.807, 2.05) is 0 Å². The van der Waals surface area contributed by atoms with E-state index in [0.29, 0.717) is 11.1 Å². The van der Waals surface area contributed by atoms with Gasteiger partial charge < -0.3 is 18.9 Å². The maximum absolute atomic E-state index is 12.7. The highest BCUT2D eigenvalue weighted by atomic mass is 32.2. The Morgan fingerprint density at radius 1 is 0.906 bits per heavy atom. The van der Waals surface area contributed by atoms with E-state index < -0.39 is 40.8 Å². The fourth-order valence-corrected chi connectivity index (χ4v) is 4.60. The third-order valence-corrected chi connectivity index (χ3v) is 5.98. The highest BCUT2D eigenvalue weighted by Gasteiger charge is 2.50. The Morgan fingerprint density at radius 2 is 1.50 bits per heavy atom. The summed E-state index contributed by atoms with van der Waals surface area (Å²) in [4.78, 5) is 36.7. The SMILES string of the molecule is C=CCO[C@@H]1C(OC(C)=O)S[C@@H](COC(=O)c2ccccc2)[C@@H]1OC(=O)c1ccccc1. The van der Waals surface area contributed by atoms with E-state index in [1.165, 1.54) is 18.7 Å². The van der Waals surface area contributed by atoms with Crippen LogP contribution < -0.4 is 0 Å². The Morgan fingerprint density at radius 3 is 2.06 bits per heavy atom. The predicted molar refractivity (Wildman–Crippen MR) is 119 cm³/mol. The second-order valence-electron chi connectivity index (χ2n) is 6.94. The molecule has 0 spiro atoms. The van der Waals surface area contributed by atoms with Gasteiger partial charge in [-0.2, -0.15) is 0 Å². The zero-order chi connectivity index (χ0) is 22.9. The van der Waals surface area contributed by atoms with Crippen molar-refractivity contribution in [2.24, 2.45) is 0 Å². The van der Waals surface area contributed by atoms with E-state index in [0.717, 1.165) is 0 Å². The summed E-state index contributed by atoms with van der Waals surface area (Å²) in [7, 11) is 0. The van der Waals surface area contributed by atoms with Gasteiger partial charge in [0.2, 0.25) is 0 Å². The molecule has 2 aromatic rings. The van der Waals surface area contributed by atoms with E-state index in [9.17, 15) is 14.4 Å². The van der Waals surface area contributed by atoms with Crippen LogP contribution in [-0.4, -0.2) is 54.0 Å². The Labute approximate surface area is 190 Å². The summed E-state index contributed by atoms with van der Waals surface area (Å²) >= 11 is 1.22. The highest BCUT2D eigenvalue weighted by Crippen LogP contribution is 2.39. The Bertz CT molecular complexity index is 932. The van der Waals surface area contributed by atoms with Gasteiger partial charge in [-0.1, -0.05) is 42.5 Å². The maximum atomic E-state index is 12.7. The summed E-state index contributed by atoms with van der Waals surface area (Å²) in [6.45, 7) is 5.03. The van der Waals surface area contributed by atoms with Crippen LogP contribution in [0.4, 0.5) is 0 Å². The summed E-state index contributed by atoms with van der Waals surface area (Å²) in [5, 5.41) is -0.505. The molecular weight excluding hydrogens is 432 g/mol. The van der Waals surface area contributed by atoms with Crippen molar-refractivity contribution >= 4 is 29.7 Å². The van der Waals surface area contributed by atoms with Gasteiger partial charge in [-0.25, -0.2) is 9.59 Å². The minimum absolute atomic E-state index is 0.0587. The topological polar surface area (TPSA) is 88.1 Å². The maximum Gasteiger partial charge on any atom is 0.338 e. The number of thioether (sulfide) groups is 1. The molecule has 1 unspecified atom stereocenters. The van der Waals surface area contributed by atoms with Gasteiger partial charge in [-0.3, -0.25) is 4.79 Å². The fourth-order valence-electron chi connectivity index (χ4n) is 3.16. The van der Waals surface area contributed by atoms with Gasteiger partial charge in [0.05, 0.1) is 23.0 Å². The normalized spacial score (nSPS) is 22.0. The lowest BCUT2D eigenvalue weighted by Gasteiger charge is -2.25. The number of hydrogen-bond donors (Lipinski definition) is 0. The first-order valence-corrected chi connectivity index (χ1v) is 11.0. The zero-order valence-corrected chi connectivity index (χ0v) is 18.4. The Hall–Kier alpha value is -3.10. The third-order valence-electron chi connectivity index (χ3n) is 4.60. The molecule has 0 saturated carbocycles. The molecule has 0 N–H and O–H groups in total. The minimum Gasteiger partial charge on any atom is -0.461 e. The molecule has 8 heteroatoms. The average Bonchev–Trinajstić information content (AvgIpc) is 3.12. The molecule has 2 aromatic carbocycles. The van der Waals surface area contributed by atoms with Gasteiger partial charge in [0.25, 0.3) is 0 Å². The van der Waals surface area contributed by atoms with E-state index >= 15 is 0 Å². The van der Waals surface area contributed by atoms with Gasteiger partial charge in [-0.05, 0) is 24.3 Å². The van der Waals surface area contributed by atoms with Crippen molar-refractivity contribution in [1.29, 1.82) is 0 Å². The van der Waals surface area contributed by atoms with E-state index in [-0.39, 0.29) is 13.2 Å². The first kappa shape index (κ1) is 23.6. The number of ether oxygens (including phenoxy) is 4. The van der Waals surface area contributed by atoms with Crippen molar-refractivity contribution < 1.29 is 33.3 Å². The van der Waals surface area contributed by atoms with E-state index in [2.05, 4.69) is 6.58 Å². The van der Waals surface area contributed by atoms with Crippen molar-refractivity contribution in [2.45, 2.75) is 29.8 Å². The largest absolute Gasteiger partial charge is 0.461 e. The second kappa shape index (κ2) is 11.5. The molecule has 0 aliphatic carbocycles. The molecule has 7 nitrogen and oxygen atoms in total. The van der Waals surface area contributed by atoms with Crippen molar-refractivity contribution in [3.8, 4) is 0 Å². The van der Waals surface area contributed by atoms with Crippen molar-refractivity contribution in [3.05, 3.63) is 84.4 Å². The summed E-state index contributed by atoms with van der Waals surface area (Å²) in [5.74, 6) is -1.55. The summed E-state index contributed by atoms with van der Waals surface area (Å²) in [5.41, 5.74) is 0.0432. The molecule has 0 radical (unpaired) electrons. The van der Waals surface area contributed by atoms with Gasteiger partial charge in [0.15, 0.2) is 5.44 Å². The van der Waals surface area contributed by atoms with Crippen LogP contribution in [0.15, 0.2) is 73.3 Å². The van der Waals surface area contributed by atoms with Gasteiger partial charge in [0, 0.05) is 6.92 Å². The molecule has 0 bridgehead atoms. The molecule has 1 heterocycles. The van der Waals surface area contributed by atoms with Crippen molar-refractivity contribution in [2.75, 3.05) is 13.2 Å².